The Morgan fingerprint density at radius 3 is 2.56 bits per heavy atom. The van der Waals surface area contributed by atoms with E-state index in [2.05, 4.69) is 5.32 Å². The Morgan fingerprint density at radius 2 is 2.11 bits per heavy atom. The fraction of sp³-hybridized carbons (Fsp3) is 0.333. The van der Waals surface area contributed by atoms with Gasteiger partial charge in [0, 0.05) is 6.07 Å². The standard InChI is InChI=1S/C9H9Cl2N3O4/c1-13-5(2-3-7(13)14(17)18)6(15)4-12-9(16)8(10)11/h2-3,8H,4H2,1H3,(H,12,16). The molecule has 0 bridgehead atoms. The van der Waals surface area contributed by atoms with E-state index in [1.165, 1.54) is 19.2 Å². The van der Waals surface area contributed by atoms with Crippen molar-refractivity contribution in [3.05, 3.63) is 27.9 Å². The van der Waals surface area contributed by atoms with Crippen molar-refractivity contribution < 1.29 is 14.5 Å². The lowest BCUT2D eigenvalue weighted by atomic mass is 10.3. The molecule has 98 valence electrons. The summed E-state index contributed by atoms with van der Waals surface area (Å²) in [6.07, 6.45) is 0. The summed E-state index contributed by atoms with van der Waals surface area (Å²) in [6.45, 7) is -0.330. The number of halogens is 2. The average molecular weight is 294 g/mol. The highest BCUT2D eigenvalue weighted by Gasteiger charge is 2.21. The van der Waals surface area contributed by atoms with Crippen LogP contribution in [-0.4, -0.2) is 32.6 Å². The Hall–Kier alpha value is -1.60. The summed E-state index contributed by atoms with van der Waals surface area (Å²) in [4.78, 5) is 31.4. The number of carbonyl (C=O) groups is 2. The maximum atomic E-state index is 11.7. The minimum atomic E-state index is -1.26. The van der Waals surface area contributed by atoms with Gasteiger partial charge in [-0.3, -0.25) is 9.59 Å². The quantitative estimate of drug-likeness (QED) is 0.380. The molecule has 1 aromatic rings. The molecule has 1 amide bonds. The van der Waals surface area contributed by atoms with Gasteiger partial charge < -0.3 is 15.4 Å². The third kappa shape index (κ3) is 3.21. The minimum absolute atomic E-state index is 0.114. The molecule has 1 N–H and O–H groups in total. The number of ketones is 1. The van der Waals surface area contributed by atoms with Gasteiger partial charge in [0.25, 0.3) is 5.91 Å². The number of nitro groups is 1. The SMILES string of the molecule is Cn1c(C(=O)CNC(=O)C(Cl)Cl)ccc1[N+](=O)[O-]. The molecule has 0 atom stereocenters. The zero-order valence-corrected chi connectivity index (χ0v) is 10.7. The zero-order chi connectivity index (χ0) is 13.9. The maximum Gasteiger partial charge on any atom is 0.323 e. The van der Waals surface area contributed by atoms with Crippen molar-refractivity contribution in [1.29, 1.82) is 0 Å². The van der Waals surface area contributed by atoms with Gasteiger partial charge in [0.1, 0.15) is 0 Å². The van der Waals surface area contributed by atoms with E-state index >= 15 is 0 Å². The van der Waals surface area contributed by atoms with E-state index in [1.54, 1.807) is 0 Å². The van der Waals surface area contributed by atoms with Crippen LogP contribution in [-0.2, 0) is 11.8 Å². The van der Waals surface area contributed by atoms with Gasteiger partial charge in [-0.1, -0.05) is 23.2 Å². The Kier molecular flexibility index (Phi) is 4.69. The second kappa shape index (κ2) is 5.83. The van der Waals surface area contributed by atoms with Crippen LogP contribution in [0.15, 0.2) is 12.1 Å². The molecule has 0 aliphatic rings. The van der Waals surface area contributed by atoms with Crippen LogP contribution in [0.3, 0.4) is 0 Å². The molecule has 0 radical (unpaired) electrons. The topological polar surface area (TPSA) is 94.2 Å². The molecule has 7 nitrogen and oxygen atoms in total. The third-order valence-corrected chi connectivity index (χ3v) is 2.59. The minimum Gasteiger partial charge on any atom is -0.358 e. The monoisotopic (exact) mass is 293 g/mol. The summed E-state index contributed by atoms with van der Waals surface area (Å²) in [6, 6.07) is 2.52. The second-order valence-electron chi connectivity index (χ2n) is 3.33. The van der Waals surface area contributed by atoms with Crippen LogP contribution in [0.25, 0.3) is 0 Å². The van der Waals surface area contributed by atoms with Gasteiger partial charge in [-0.25, -0.2) is 4.57 Å². The summed E-state index contributed by atoms with van der Waals surface area (Å²) in [7, 11) is 1.39. The average Bonchev–Trinajstić information content (AvgIpc) is 2.67. The number of alkyl halides is 2. The van der Waals surface area contributed by atoms with Crippen LogP contribution in [0.5, 0.6) is 0 Å². The summed E-state index contributed by atoms with van der Waals surface area (Å²) >= 11 is 10.6. The van der Waals surface area contributed by atoms with E-state index in [0.717, 1.165) is 4.57 Å². The number of amides is 1. The summed E-state index contributed by atoms with van der Waals surface area (Å²) in [5, 5.41) is 12.8. The van der Waals surface area contributed by atoms with Crippen LogP contribution < -0.4 is 5.32 Å². The Bertz CT molecular complexity index is 498. The molecule has 0 unspecified atom stereocenters. The van der Waals surface area contributed by atoms with Crippen molar-refractivity contribution in [3.8, 4) is 0 Å². The number of hydrogen-bond donors (Lipinski definition) is 1. The van der Waals surface area contributed by atoms with Crippen LogP contribution in [0.2, 0.25) is 0 Å². The fourth-order valence-corrected chi connectivity index (χ4v) is 1.45. The van der Waals surface area contributed by atoms with Crippen molar-refractivity contribution in [2.45, 2.75) is 4.84 Å². The highest BCUT2D eigenvalue weighted by atomic mass is 35.5. The van der Waals surface area contributed by atoms with Gasteiger partial charge in [0.15, 0.2) is 10.5 Å². The number of carbonyl (C=O) groups excluding carboxylic acids is 2. The van der Waals surface area contributed by atoms with Crippen molar-refractivity contribution in [2.24, 2.45) is 7.05 Å². The Labute approximate surface area is 112 Å². The highest BCUT2D eigenvalue weighted by Crippen LogP contribution is 2.15. The van der Waals surface area contributed by atoms with E-state index in [4.69, 9.17) is 23.2 Å². The first-order valence-electron chi connectivity index (χ1n) is 4.73. The molecule has 1 heterocycles. The molecule has 0 aliphatic carbocycles. The first kappa shape index (κ1) is 14.5. The van der Waals surface area contributed by atoms with Crippen molar-refractivity contribution in [1.82, 2.24) is 9.88 Å². The molecule has 1 aromatic heterocycles. The predicted octanol–water partition coefficient (Wildman–Crippen LogP) is 1.04. The van der Waals surface area contributed by atoms with E-state index in [9.17, 15) is 19.7 Å². The van der Waals surface area contributed by atoms with Crippen molar-refractivity contribution >= 4 is 40.7 Å². The van der Waals surface area contributed by atoms with Gasteiger partial charge in [0.05, 0.1) is 13.6 Å². The van der Waals surface area contributed by atoms with Gasteiger partial charge in [-0.05, 0) is 11.0 Å². The summed E-state index contributed by atoms with van der Waals surface area (Å²) in [5.74, 6) is -1.39. The van der Waals surface area contributed by atoms with Crippen LogP contribution in [0.4, 0.5) is 5.82 Å². The molecule has 0 spiro atoms. The molecule has 0 aliphatic heterocycles. The normalized spacial score (nSPS) is 10.4. The number of Topliss-reactive ketones (excluding diaryl/α,β-unsaturated/α-hetero) is 1. The fourth-order valence-electron chi connectivity index (χ4n) is 1.30. The smallest absolute Gasteiger partial charge is 0.323 e. The molecule has 9 heteroatoms. The summed E-state index contributed by atoms with van der Waals surface area (Å²) < 4.78 is 1.13. The highest BCUT2D eigenvalue weighted by molar-refractivity contribution is 6.53. The molecular formula is C9H9Cl2N3O4. The number of nitrogens with zero attached hydrogens (tertiary/aromatic N) is 2. The van der Waals surface area contributed by atoms with Crippen LogP contribution in [0.1, 0.15) is 10.5 Å². The molecular weight excluding hydrogens is 285 g/mol. The molecule has 0 saturated heterocycles. The largest absolute Gasteiger partial charge is 0.358 e. The Morgan fingerprint density at radius 1 is 1.50 bits per heavy atom. The van der Waals surface area contributed by atoms with Gasteiger partial charge in [-0.2, -0.15) is 0 Å². The van der Waals surface area contributed by atoms with Crippen LogP contribution >= 0.6 is 23.2 Å². The molecule has 0 saturated carbocycles. The van der Waals surface area contributed by atoms with E-state index in [-0.39, 0.29) is 18.1 Å². The van der Waals surface area contributed by atoms with E-state index in [1.807, 2.05) is 0 Å². The lowest BCUT2D eigenvalue weighted by Crippen LogP contribution is -2.33. The second-order valence-corrected chi connectivity index (χ2v) is 4.43. The number of rotatable bonds is 5. The molecule has 0 fully saturated rings. The maximum absolute atomic E-state index is 11.7. The van der Waals surface area contributed by atoms with E-state index in [0.29, 0.717) is 0 Å². The van der Waals surface area contributed by atoms with Crippen molar-refractivity contribution in [3.63, 3.8) is 0 Å². The third-order valence-electron chi connectivity index (χ3n) is 2.19. The first-order valence-corrected chi connectivity index (χ1v) is 5.61. The first-order chi connectivity index (χ1) is 8.34. The molecule has 1 rings (SSSR count). The number of aromatic nitrogens is 1. The lowest BCUT2D eigenvalue weighted by Gasteiger charge is -2.04. The lowest BCUT2D eigenvalue weighted by molar-refractivity contribution is -0.391. The van der Waals surface area contributed by atoms with E-state index < -0.39 is 21.5 Å². The zero-order valence-electron chi connectivity index (χ0n) is 9.22. The summed E-state index contributed by atoms with van der Waals surface area (Å²) in [5.41, 5.74) is 0.114. The van der Waals surface area contributed by atoms with Crippen molar-refractivity contribution in [2.75, 3.05) is 6.54 Å². The Balaban J connectivity index is 2.74. The molecule has 18 heavy (non-hydrogen) atoms. The van der Waals surface area contributed by atoms with Gasteiger partial charge in [0.2, 0.25) is 5.78 Å². The molecule has 0 aromatic carbocycles. The number of nitrogens with one attached hydrogen (secondary N) is 1. The van der Waals surface area contributed by atoms with Gasteiger partial charge >= 0.3 is 5.82 Å². The number of hydrogen-bond acceptors (Lipinski definition) is 4. The predicted molar refractivity (Wildman–Crippen MR) is 64.9 cm³/mol. The van der Waals surface area contributed by atoms with Crippen LogP contribution in [0, 0.1) is 10.1 Å². The van der Waals surface area contributed by atoms with Gasteiger partial charge in [-0.15, -0.1) is 0 Å².